The number of carbonyl (C=O) groups is 2. The van der Waals surface area contributed by atoms with Gasteiger partial charge in [0.25, 0.3) is 0 Å². The summed E-state index contributed by atoms with van der Waals surface area (Å²) in [5, 5.41) is 5.03. The number of rotatable bonds is 5. The summed E-state index contributed by atoms with van der Waals surface area (Å²) in [5.41, 5.74) is 0.612. The number of methoxy groups -OCH3 is 1. The van der Waals surface area contributed by atoms with Gasteiger partial charge in [0.1, 0.15) is 5.75 Å². The second kappa shape index (κ2) is 8.53. The molecule has 0 radical (unpaired) electrons. The summed E-state index contributed by atoms with van der Waals surface area (Å²) < 4.78 is 5.06. The summed E-state index contributed by atoms with van der Waals surface area (Å²) in [6, 6.07) is 6.87. The smallest absolute Gasteiger partial charge is 0.325 e. The van der Waals surface area contributed by atoms with Crippen LogP contribution in [0.2, 0.25) is 0 Å². The molecule has 1 saturated heterocycles. The van der Waals surface area contributed by atoms with Crippen molar-refractivity contribution in [3.05, 3.63) is 24.3 Å². The molecule has 2 N–H and O–H groups in total. The molecule has 0 bridgehead atoms. The Morgan fingerprint density at radius 1 is 1.26 bits per heavy atom. The van der Waals surface area contributed by atoms with E-state index in [0.717, 1.165) is 25.8 Å². The summed E-state index contributed by atoms with van der Waals surface area (Å²) in [6.07, 6.45) is 4.49. The van der Waals surface area contributed by atoms with E-state index < -0.39 is 6.03 Å². The van der Waals surface area contributed by atoms with Crippen molar-refractivity contribution in [1.29, 1.82) is 0 Å². The van der Waals surface area contributed by atoms with Crippen molar-refractivity contribution < 1.29 is 14.3 Å². The van der Waals surface area contributed by atoms with Crippen LogP contribution in [-0.2, 0) is 4.79 Å². The normalized spacial score (nSPS) is 18.3. The number of hydrogen-bond donors (Lipinski definition) is 2. The number of nitrogens with zero attached hydrogens (tertiary/aromatic N) is 1. The Morgan fingerprint density at radius 2 is 2.00 bits per heavy atom. The third kappa shape index (κ3) is 5.25. The number of urea groups is 1. The summed E-state index contributed by atoms with van der Waals surface area (Å²) in [6.45, 7) is 3.33. The molecule has 6 heteroatoms. The van der Waals surface area contributed by atoms with Gasteiger partial charge in [0, 0.05) is 11.7 Å². The number of imide groups is 1. The minimum absolute atomic E-state index is 0.267. The van der Waals surface area contributed by atoms with Gasteiger partial charge in [-0.25, -0.2) is 4.79 Å². The van der Waals surface area contributed by atoms with Crippen LogP contribution in [0.1, 0.15) is 32.6 Å². The van der Waals surface area contributed by atoms with E-state index in [0.29, 0.717) is 17.5 Å². The highest BCUT2D eigenvalue weighted by Crippen LogP contribution is 2.19. The molecule has 1 aliphatic rings. The van der Waals surface area contributed by atoms with Gasteiger partial charge < -0.3 is 10.1 Å². The lowest BCUT2D eigenvalue weighted by atomic mass is 10.0. The van der Waals surface area contributed by atoms with Crippen LogP contribution >= 0.6 is 0 Å². The maximum atomic E-state index is 12.0. The molecular formula is C17H25N3O3. The molecule has 23 heavy (non-hydrogen) atoms. The molecule has 3 amide bonds. The second-order valence-corrected chi connectivity index (χ2v) is 5.76. The average molecular weight is 319 g/mol. The third-order valence-electron chi connectivity index (χ3n) is 4.17. The Kier molecular flexibility index (Phi) is 6.40. The molecule has 1 heterocycles. The summed E-state index contributed by atoms with van der Waals surface area (Å²) >= 11 is 0. The van der Waals surface area contributed by atoms with E-state index in [2.05, 4.69) is 22.5 Å². The summed E-state index contributed by atoms with van der Waals surface area (Å²) in [5.74, 6) is 0.444. The molecule has 1 aromatic carbocycles. The molecule has 0 aliphatic carbocycles. The highest BCUT2D eigenvalue weighted by atomic mass is 16.5. The lowest BCUT2D eigenvalue weighted by Crippen LogP contribution is -2.47. The van der Waals surface area contributed by atoms with Crippen LogP contribution in [0, 0.1) is 0 Å². The first kappa shape index (κ1) is 17.3. The maximum absolute atomic E-state index is 12.0. The maximum Gasteiger partial charge on any atom is 0.325 e. The van der Waals surface area contributed by atoms with Crippen LogP contribution in [-0.4, -0.2) is 43.1 Å². The van der Waals surface area contributed by atoms with Crippen LogP contribution < -0.4 is 15.4 Å². The molecule has 0 spiro atoms. The summed E-state index contributed by atoms with van der Waals surface area (Å²) in [4.78, 5) is 26.1. The number of likely N-dealkylation sites (tertiary alicyclic amines) is 1. The Hall–Kier alpha value is -2.08. The van der Waals surface area contributed by atoms with E-state index in [-0.39, 0.29) is 12.5 Å². The summed E-state index contributed by atoms with van der Waals surface area (Å²) in [7, 11) is 1.58. The minimum atomic E-state index is -0.509. The quantitative estimate of drug-likeness (QED) is 0.875. The fourth-order valence-corrected chi connectivity index (χ4v) is 2.92. The fraction of sp³-hybridized carbons (Fsp3) is 0.529. The zero-order valence-electron chi connectivity index (χ0n) is 13.8. The van der Waals surface area contributed by atoms with Crippen molar-refractivity contribution in [3.63, 3.8) is 0 Å². The van der Waals surface area contributed by atoms with Gasteiger partial charge in [-0.15, -0.1) is 0 Å². The molecule has 1 atom stereocenters. The van der Waals surface area contributed by atoms with Gasteiger partial charge in [-0.1, -0.05) is 13.3 Å². The zero-order chi connectivity index (χ0) is 16.7. The topological polar surface area (TPSA) is 70.7 Å². The van der Waals surface area contributed by atoms with Crippen molar-refractivity contribution >= 4 is 17.6 Å². The van der Waals surface area contributed by atoms with Crippen LogP contribution in [0.3, 0.4) is 0 Å². The van der Waals surface area contributed by atoms with Gasteiger partial charge in [-0.3, -0.25) is 15.0 Å². The fourth-order valence-electron chi connectivity index (χ4n) is 2.92. The largest absolute Gasteiger partial charge is 0.497 e. The van der Waals surface area contributed by atoms with Gasteiger partial charge in [-0.2, -0.15) is 0 Å². The van der Waals surface area contributed by atoms with Gasteiger partial charge in [0.05, 0.1) is 13.7 Å². The number of amides is 3. The second-order valence-electron chi connectivity index (χ2n) is 5.76. The van der Waals surface area contributed by atoms with E-state index >= 15 is 0 Å². The number of nitrogens with one attached hydrogen (secondary N) is 2. The van der Waals surface area contributed by atoms with Crippen molar-refractivity contribution in [3.8, 4) is 5.75 Å². The SMILES string of the molecule is CC[C@H]1CCCCN1CC(=O)NC(=O)Nc1ccc(OC)cc1. The lowest BCUT2D eigenvalue weighted by Gasteiger charge is -2.34. The van der Waals surface area contributed by atoms with Crippen LogP contribution in [0.5, 0.6) is 5.75 Å². The van der Waals surface area contributed by atoms with Crippen molar-refractivity contribution in [1.82, 2.24) is 10.2 Å². The average Bonchev–Trinajstić information content (AvgIpc) is 2.55. The number of hydrogen-bond acceptors (Lipinski definition) is 4. The Balaban J connectivity index is 1.80. The Labute approximate surface area is 137 Å². The number of ether oxygens (including phenoxy) is 1. The number of anilines is 1. The first-order valence-electron chi connectivity index (χ1n) is 8.11. The van der Waals surface area contributed by atoms with Crippen molar-refractivity contribution in [2.45, 2.75) is 38.6 Å². The first-order chi connectivity index (χ1) is 11.1. The highest BCUT2D eigenvalue weighted by molar-refractivity contribution is 6.01. The van der Waals surface area contributed by atoms with Gasteiger partial charge >= 0.3 is 6.03 Å². The molecule has 126 valence electrons. The molecule has 0 aromatic heterocycles. The monoisotopic (exact) mass is 319 g/mol. The third-order valence-corrected chi connectivity index (χ3v) is 4.17. The van der Waals surface area contributed by atoms with E-state index in [4.69, 9.17) is 4.74 Å². The molecule has 2 rings (SSSR count). The molecule has 0 saturated carbocycles. The molecule has 0 unspecified atom stereocenters. The van der Waals surface area contributed by atoms with Crippen molar-refractivity contribution in [2.75, 3.05) is 25.5 Å². The molecule has 1 aliphatic heterocycles. The van der Waals surface area contributed by atoms with E-state index in [1.807, 2.05) is 0 Å². The lowest BCUT2D eigenvalue weighted by molar-refractivity contribution is -0.122. The predicted molar refractivity (Wildman–Crippen MR) is 89.7 cm³/mol. The number of piperidine rings is 1. The Morgan fingerprint density at radius 3 is 2.65 bits per heavy atom. The first-order valence-corrected chi connectivity index (χ1v) is 8.11. The Bertz CT molecular complexity index is 530. The van der Waals surface area contributed by atoms with Crippen LogP contribution in [0.4, 0.5) is 10.5 Å². The van der Waals surface area contributed by atoms with Gasteiger partial charge in [0.15, 0.2) is 0 Å². The van der Waals surface area contributed by atoms with Crippen LogP contribution in [0.15, 0.2) is 24.3 Å². The molecule has 1 aromatic rings. The number of benzene rings is 1. The standard InChI is InChI=1S/C17H25N3O3/c1-3-14-6-4-5-11-20(14)12-16(21)19-17(22)18-13-7-9-15(23-2)10-8-13/h7-10,14H,3-6,11-12H2,1-2H3,(H2,18,19,21,22)/t14-/m0/s1. The predicted octanol–water partition coefficient (Wildman–Crippen LogP) is 2.61. The minimum Gasteiger partial charge on any atom is -0.497 e. The van der Waals surface area contributed by atoms with Crippen molar-refractivity contribution in [2.24, 2.45) is 0 Å². The number of carbonyl (C=O) groups excluding carboxylic acids is 2. The van der Waals surface area contributed by atoms with E-state index in [9.17, 15) is 9.59 Å². The molecule has 6 nitrogen and oxygen atoms in total. The van der Waals surface area contributed by atoms with Gasteiger partial charge in [0.2, 0.25) is 5.91 Å². The molecular weight excluding hydrogens is 294 g/mol. The van der Waals surface area contributed by atoms with Crippen LogP contribution in [0.25, 0.3) is 0 Å². The van der Waals surface area contributed by atoms with Gasteiger partial charge in [-0.05, 0) is 50.1 Å². The highest BCUT2D eigenvalue weighted by Gasteiger charge is 2.23. The zero-order valence-corrected chi connectivity index (χ0v) is 13.8. The van der Waals surface area contributed by atoms with E-state index in [1.54, 1.807) is 31.4 Å². The molecule has 1 fully saturated rings. The van der Waals surface area contributed by atoms with E-state index in [1.165, 1.54) is 6.42 Å².